The first-order valence-corrected chi connectivity index (χ1v) is 12.8. The number of H-pyrrole nitrogens is 2. The van der Waals surface area contributed by atoms with E-state index in [0.29, 0.717) is 17.8 Å². The molecule has 2 aromatic carbocycles. The second-order valence-electron chi connectivity index (χ2n) is 10.1. The minimum atomic E-state index is 0.538. The number of nitrogens with one attached hydrogen (secondary N) is 2. The van der Waals surface area contributed by atoms with Gasteiger partial charge in [-0.1, -0.05) is 71.9 Å². The fraction of sp³-hybridized carbons (Fsp3) is 0.290. The monoisotopic (exact) mass is 479 g/mol. The van der Waals surface area contributed by atoms with Gasteiger partial charge in [0.15, 0.2) is 0 Å². The maximum absolute atomic E-state index is 4.30. The van der Waals surface area contributed by atoms with Gasteiger partial charge in [0.05, 0.1) is 11.7 Å². The number of aromatic amines is 2. The lowest BCUT2D eigenvalue weighted by Crippen LogP contribution is -1.92. The summed E-state index contributed by atoms with van der Waals surface area (Å²) in [4.78, 5) is 7.52. The number of fused-ring (bicyclic) bond motifs is 3. The molecule has 0 radical (unpaired) electrons. The lowest BCUT2D eigenvalue weighted by atomic mass is 10.00. The molecule has 6 aromatic rings. The maximum atomic E-state index is 4.30. The van der Waals surface area contributed by atoms with Gasteiger partial charge < -0.3 is 9.38 Å². The van der Waals surface area contributed by atoms with Crippen LogP contribution in [0.1, 0.15) is 76.0 Å². The first kappa shape index (κ1) is 25.2. The predicted molar refractivity (Wildman–Crippen MR) is 152 cm³/mol. The molecule has 5 heteroatoms. The highest BCUT2D eigenvalue weighted by Crippen LogP contribution is 2.24. The van der Waals surface area contributed by atoms with Gasteiger partial charge in [0.25, 0.3) is 0 Å². The van der Waals surface area contributed by atoms with E-state index in [1.165, 1.54) is 33.0 Å². The minimum Gasteiger partial charge on any atom is -0.361 e. The van der Waals surface area contributed by atoms with Crippen molar-refractivity contribution in [2.24, 2.45) is 0 Å². The second-order valence-corrected chi connectivity index (χ2v) is 10.1. The van der Waals surface area contributed by atoms with E-state index in [1.807, 2.05) is 37.1 Å². The molecule has 6 rings (SSSR count). The van der Waals surface area contributed by atoms with Crippen LogP contribution in [0.15, 0.2) is 85.6 Å². The van der Waals surface area contributed by atoms with Crippen LogP contribution in [-0.4, -0.2) is 24.6 Å². The van der Waals surface area contributed by atoms with Gasteiger partial charge >= 0.3 is 0 Å². The van der Waals surface area contributed by atoms with Crippen LogP contribution in [0.3, 0.4) is 0 Å². The molecule has 0 spiro atoms. The van der Waals surface area contributed by atoms with Gasteiger partial charge in [-0.15, -0.1) is 0 Å². The van der Waals surface area contributed by atoms with Crippen molar-refractivity contribution < 1.29 is 0 Å². The van der Waals surface area contributed by atoms with Crippen molar-refractivity contribution in [1.29, 1.82) is 0 Å². The molecule has 186 valence electrons. The van der Waals surface area contributed by atoms with Crippen LogP contribution in [0.2, 0.25) is 0 Å². The summed E-state index contributed by atoms with van der Waals surface area (Å²) in [5.41, 5.74) is 7.53. The van der Waals surface area contributed by atoms with Gasteiger partial charge in [0.1, 0.15) is 5.65 Å². The van der Waals surface area contributed by atoms with Crippen molar-refractivity contribution in [3.8, 4) is 0 Å². The van der Waals surface area contributed by atoms with Crippen molar-refractivity contribution in [3.05, 3.63) is 102 Å². The Bertz CT molecular complexity index is 1350. The molecule has 0 saturated heterocycles. The van der Waals surface area contributed by atoms with Crippen LogP contribution in [0.5, 0.6) is 0 Å². The van der Waals surface area contributed by atoms with Gasteiger partial charge in [-0.3, -0.25) is 5.10 Å². The average Bonchev–Trinajstić information content (AvgIpc) is 3.63. The van der Waals surface area contributed by atoms with E-state index in [4.69, 9.17) is 0 Å². The van der Waals surface area contributed by atoms with Gasteiger partial charge in [0.2, 0.25) is 0 Å². The third-order valence-corrected chi connectivity index (χ3v) is 6.46. The zero-order valence-corrected chi connectivity index (χ0v) is 22.2. The lowest BCUT2D eigenvalue weighted by Gasteiger charge is -2.05. The molecule has 0 saturated carbocycles. The Morgan fingerprint density at radius 1 is 0.667 bits per heavy atom. The van der Waals surface area contributed by atoms with Gasteiger partial charge in [0, 0.05) is 41.1 Å². The maximum Gasteiger partial charge on any atom is 0.140 e. The second kappa shape index (κ2) is 11.3. The number of aromatic nitrogens is 5. The average molecular weight is 480 g/mol. The molecule has 0 fully saturated rings. The van der Waals surface area contributed by atoms with Crippen molar-refractivity contribution in [2.75, 3.05) is 0 Å². The number of hydrogen-bond donors (Lipinski definition) is 2. The zero-order chi connectivity index (χ0) is 25.7. The number of rotatable bonds is 3. The molecule has 0 aliphatic carbocycles. The fourth-order valence-corrected chi connectivity index (χ4v) is 4.53. The fourth-order valence-electron chi connectivity index (χ4n) is 4.53. The highest BCUT2D eigenvalue weighted by molar-refractivity contribution is 5.83. The van der Waals surface area contributed by atoms with Crippen molar-refractivity contribution >= 4 is 27.5 Å². The van der Waals surface area contributed by atoms with E-state index >= 15 is 0 Å². The molecule has 0 unspecified atom stereocenters. The molecule has 0 amide bonds. The molecule has 2 N–H and O–H groups in total. The minimum absolute atomic E-state index is 0.538. The van der Waals surface area contributed by atoms with Crippen molar-refractivity contribution in [1.82, 2.24) is 24.6 Å². The largest absolute Gasteiger partial charge is 0.361 e. The molecule has 0 aliphatic heterocycles. The van der Waals surface area contributed by atoms with E-state index in [9.17, 15) is 0 Å². The van der Waals surface area contributed by atoms with Crippen LogP contribution in [0.4, 0.5) is 0 Å². The van der Waals surface area contributed by atoms with Gasteiger partial charge in [-0.2, -0.15) is 5.10 Å². The Morgan fingerprint density at radius 2 is 1.31 bits per heavy atom. The summed E-state index contributed by atoms with van der Waals surface area (Å²) in [6, 6.07) is 19.0. The molecule has 0 aliphatic rings. The Balaban J connectivity index is 0.000000127. The first-order chi connectivity index (χ1) is 17.4. The third-order valence-electron chi connectivity index (χ3n) is 6.46. The van der Waals surface area contributed by atoms with Crippen LogP contribution < -0.4 is 0 Å². The van der Waals surface area contributed by atoms with Crippen LogP contribution in [-0.2, 0) is 0 Å². The molecule has 4 heterocycles. The van der Waals surface area contributed by atoms with Crippen LogP contribution in [0.25, 0.3) is 27.5 Å². The Labute approximate surface area is 213 Å². The highest BCUT2D eigenvalue weighted by Gasteiger charge is 2.06. The predicted octanol–water partition coefficient (Wildman–Crippen LogP) is 8.44. The third kappa shape index (κ3) is 5.51. The number of imidazole rings is 1. The standard InChI is InChI=1S/C11H13N.2C10H12N2/c1-8(2)9-4-3-5-11-10(9)6-7-12-11;1-8(2)9-4-3-6-12-7-5-11-10(9)12;1-7(2)8-4-3-5-10-9(8)6-11-12-10/h3-8,12H,1-2H3;3-8H,1-2H3;3-7H,1-2H3,(H,11,12). The summed E-state index contributed by atoms with van der Waals surface area (Å²) in [5.74, 6) is 1.70. The van der Waals surface area contributed by atoms with Gasteiger partial charge in [-0.05, 0) is 58.7 Å². The summed E-state index contributed by atoms with van der Waals surface area (Å²) >= 11 is 0. The number of hydrogen-bond acceptors (Lipinski definition) is 2. The number of benzene rings is 2. The molecule has 0 atom stereocenters. The summed E-state index contributed by atoms with van der Waals surface area (Å²) in [5, 5.41) is 9.58. The molecule has 5 nitrogen and oxygen atoms in total. The smallest absolute Gasteiger partial charge is 0.140 e. The molecular formula is C31H37N5. The Hall–Kier alpha value is -3.86. The van der Waals surface area contributed by atoms with E-state index in [1.54, 1.807) is 0 Å². The highest BCUT2D eigenvalue weighted by atomic mass is 15.1. The van der Waals surface area contributed by atoms with Crippen LogP contribution in [0, 0.1) is 0 Å². The summed E-state index contributed by atoms with van der Waals surface area (Å²) in [6.45, 7) is 13.2. The topological polar surface area (TPSA) is 61.8 Å². The first-order valence-electron chi connectivity index (χ1n) is 12.8. The van der Waals surface area contributed by atoms with E-state index in [2.05, 4.69) is 115 Å². The summed E-state index contributed by atoms with van der Waals surface area (Å²) in [6.07, 6.45) is 9.72. The zero-order valence-electron chi connectivity index (χ0n) is 22.2. The van der Waals surface area contributed by atoms with E-state index < -0.39 is 0 Å². The number of nitrogens with zero attached hydrogens (tertiary/aromatic N) is 3. The normalized spacial score (nSPS) is 11.2. The SMILES string of the molecule is CC(C)c1cccc2[nH]ccc12.CC(C)c1cccc2[nH]ncc12.CC(C)c1cccn2ccnc12. The van der Waals surface area contributed by atoms with Crippen LogP contribution >= 0.6 is 0 Å². The number of pyridine rings is 1. The quantitative estimate of drug-likeness (QED) is 0.267. The molecular weight excluding hydrogens is 442 g/mol. The molecule has 4 aromatic heterocycles. The molecule has 36 heavy (non-hydrogen) atoms. The molecule has 0 bridgehead atoms. The van der Waals surface area contributed by atoms with E-state index in [0.717, 1.165) is 11.2 Å². The van der Waals surface area contributed by atoms with E-state index in [-0.39, 0.29) is 0 Å². The Morgan fingerprint density at radius 3 is 2.00 bits per heavy atom. The summed E-state index contributed by atoms with van der Waals surface area (Å²) < 4.78 is 2.05. The lowest BCUT2D eigenvalue weighted by molar-refractivity contribution is 0.863. The van der Waals surface area contributed by atoms with Gasteiger partial charge in [-0.25, -0.2) is 4.98 Å². The van der Waals surface area contributed by atoms with Crippen molar-refractivity contribution in [2.45, 2.75) is 59.3 Å². The van der Waals surface area contributed by atoms with Crippen molar-refractivity contribution in [3.63, 3.8) is 0 Å². The summed E-state index contributed by atoms with van der Waals surface area (Å²) in [7, 11) is 0. The Kier molecular flexibility index (Phi) is 7.89.